The van der Waals surface area contributed by atoms with Crippen LogP contribution in [0.2, 0.25) is 5.02 Å². The van der Waals surface area contributed by atoms with Gasteiger partial charge < -0.3 is 0 Å². The van der Waals surface area contributed by atoms with E-state index in [0.717, 1.165) is 28.1 Å². The van der Waals surface area contributed by atoms with Crippen LogP contribution >= 0.6 is 11.6 Å². The first-order valence-corrected chi connectivity index (χ1v) is 10.2. The molecule has 2 aromatic rings. The summed E-state index contributed by atoms with van der Waals surface area (Å²) in [5.74, 6) is -0.541. The SMILES string of the molecule is CCc1ccc(N(CC(=O)N/N=C\c2ccc(Cl)cc2)S(C)(=O)=O)cc1. The first-order chi connectivity index (χ1) is 12.3. The van der Waals surface area contributed by atoms with Gasteiger partial charge in [0, 0.05) is 5.02 Å². The highest BCUT2D eigenvalue weighted by molar-refractivity contribution is 7.92. The standard InChI is InChI=1S/C18H20ClN3O3S/c1-3-14-6-10-17(11-7-14)22(26(2,24)25)13-18(23)21-20-12-15-4-8-16(19)9-5-15/h4-12H,3,13H2,1-2H3,(H,21,23)/b20-12-. The molecule has 0 aromatic heterocycles. The van der Waals surface area contributed by atoms with Crippen LogP contribution in [0.4, 0.5) is 5.69 Å². The second-order valence-electron chi connectivity index (χ2n) is 5.63. The minimum absolute atomic E-state index is 0.359. The molecule has 1 N–H and O–H groups in total. The predicted molar refractivity (Wildman–Crippen MR) is 105 cm³/mol. The van der Waals surface area contributed by atoms with Crippen molar-refractivity contribution in [3.63, 3.8) is 0 Å². The highest BCUT2D eigenvalue weighted by Gasteiger charge is 2.20. The number of rotatable bonds is 7. The Labute approximate surface area is 158 Å². The van der Waals surface area contributed by atoms with E-state index in [0.29, 0.717) is 10.7 Å². The summed E-state index contributed by atoms with van der Waals surface area (Å²) in [6.45, 7) is 1.65. The van der Waals surface area contributed by atoms with Crippen molar-refractivity contribution < 1.29 is 13.2 Å². The fourth-order valence-corrected chi connectivity index (χ4v) is 3.17. The molecule has 0 spiro atoms. The quantitative estimate of drug-likeness (QED) is 0.580. The molecule has 0 saturated heterocycles. The third kappa shape index (κ3) is 5.86. The first kappa shape index (κ1) is 19.9. The van der Waals surface area contributed by atoms with Gasteiger partial charge in [0.05, 0.1) is 18.2 Å². The van der Waals surface area contributed by atoms with Crippen LogP contribution in [0.3, 0.4) is 0 Å². The van der Waals surface area contributed by atoms with Crippen LogP contribution < -0.4 is 9.73 Å². The molecule has 138 valence electrons. The Hall–Kier alpha value is -2.38. The molecule has 0 bridgehead atoms. The fourth-order valence-electron chi connectivity index (χ4n) is 2.19. The third-order valence-corrected chi connectivity index (χ3v) is 4.99. The number of anilines is 1. The van der Waals surface area contributed by atoms with Crippen LogP contribution in [0, 0.1) is 0 Å². The predicted octanol–water partition coefficient (Wildman–Crippen LogP) is 2.82. The molecule has 1 amide bonds. The molecule has 0 fully saturated rings. The number of carbonyl (C=O) groups is 1. The number of aryl methyl sites for hydroxylation is 1. The summed E-state index contributed by atoms with van der Waals surface area (Å²) in [7, 11) is -3.61. The Morgan fingerprint density at radius 1 is 1.15 bits per heavy atom. The van der Waals surface area contributed by atoms with Crippen molar-refractivity contribution in [2.45, 2.75) is 13.3 Å². The average molecular weight is 394 g/mol. The summed E-state index contributed by atoms with van der Waals surface area (Å²) >= 11 is 5.80. The number of amides is 1. The minimum Gasteiger partial charge on any atom is -0.271 e. The van der Waals surface area contributed by atoms with E-state index >= 15 is 0 Å². The molecule has 0 aliphatic rings. The van der Waals surface area contributed by atoms with E-state index in [1.54, 1.807) is 36.4 Å². The minimum atomic E-state index is -3.61. The van der Waals surface area contributed by atoms with E-state index in [1.807, 2.05) is 19.1 Å². The van der Waals surface area contributed by atoms with Gasteiger partial charge in [-0.05, 0) is 41.8 Å². The summed E-state index contributed by atoms with van der Waals surface area (Å²) in [5.41, 5.74) is 4.60. The maximum atomic E-state index is 12.1. The van der Waals surface area contributed by atoms with Crippen molar-refractivity contribution >= 4 is 39.4 Å². The van der Waals surface area contributed by atoms with Gasteiger partial charge >= 0.3 is 0 Å². The number of benzene rings is 2. The smallest absolute Gasteiger partial charge is 0.260 e. The summed E-state index contributed by atoms with van der Waals surface area (Å²) in [4.78, 5) is 12.1. The zero-order chi connectivity index (χ0) is 19.2. The van der Waals surface area contributed by atoms with E-state index in [-0.39, 0.29) is 6.54 Å². The maximum Gasteiger partial charge on any atom is 0.260 e. The zero-order valence-corrected chi connectivity index (χ0v) is 16.1. The lowest BCUT2D eigenvalue weighted by Gasteiger charge is -2.21. The lowest BCUT2D eigenvalue weighted by molar-refractivity contribution is -0.119. The second kappa shape index (κ2) is 8.82. The normalized spacial score (nSPS) is 11.5. The van der Waals surface area contributed by atoms with Crippen LogP contribution in [0.1, 0.15) is 18.1 Å². The van der Waals surface area contributed by atoms with Gasteiger partial charge in [-0.3, -0.25) is 9.10 Å². The van der Waals surface area contributed by atoms with E-state index in [4.69, 9.17) is 11.6 Å². The van der Waals surface area contributed by atoms with Crippen LogP contribution in [-0.4, -0.2) is 33.3 Å². The Kier molecular flexibility index (Phi) is 6.76. The molecule has 8 heteroatoms. The van der Waals surface area contributed by atoms with Gasteiger partial charge in [0.15, 0.2) is 0 Å². The zero-order valence-electron chi connectivity index (χ0n) is 14.5. The Morgan fingerprint density at radius 2 is 1.77 bits per heavy atom. The third-order valence-electron chi connectivity index (χ3n) is 3.59. The number of hydrazone groups is 1. The molecule has 2 rings (SSSR count). The van der Waals surface area contributed by atoms with Gasteiger partial charge in [-0.15, -0.1) is 0 Å². The van der Waals surface area contributed by atoms with Gasteiger partial charge in [0.1, 0.15) is 6.54 Å². The van der Waals surface area contributed by atoms with Crippen LogP contribution in [-0.2, 0) is 21.2 Å². The van der Waals surface area contributed by atoms with Gasteiger partial charge in [-0.25, -0.2) is 13.8 Å². The van der Waals surface area contributed by atoms with Crippen molar-refractivity contribution in [2.24, 2.45) is 5.10 Å². The molecule has 6 nitrogen and oxygen atoms in total. The topological polar surface area (TPSA) is 78.8 Å². The molecule has 0 saturated carbocycles. The van der Waals surface area contributed by atoms with E-state index in [1.165, 1.54) is 6.21 Å². The van der Waals surface area contributed by atoms with Crippen LogP contribution in [0.5, 0.6) is 0 Å². The van der Waals surface area contributed by atoms with Crippen molar-refractivity contribution in [3.8, 4) is 0 Å². The Bertz CT molecular complexity index is 879. The highest BCUT2D eigenvalue weighted by Crippen LogP contribution is 2.18. The largest absolute Gasteiger partial charge is 0.271 e. The van der Waals surface area contributed by atoms with E-state index < -0.39 is 15.9 Å². The number of carbonyl (C=O) groups excluding carboxylic acids is 1. The summed E-state index contributed by atoms with van der Waals surface area (Å²) in [6, 6.07) is 13.9. The van der Waals surface area contributed by atoms with Gasteiger partial charge in [-0.1, -0.05) is 42.8 Å². The number of sulfonamides is 1. The second-order valence-corrected chi connectivity index (χ2v) is 7.98. The lowest BCUT2D eigenvalue weighted by Crippen LogP contribution is -2.39. The molecule has 0 radical (unpaired) electrons. The van der Waals surface area contributed by atoms with Crippen molar-refractivity contribution in [1.82, 2.24) is 5.43 Å². The monoisotopic (exact) mass is 393 g/mol. The van der Waals surface area contributed by atoms with Crippen LogP contribution in [0.15, 0.2) is 53.6 Å². The molecular formula is C18H20ClN3O3S. The van der Waals surface area contributed by atoms with Crippen molar-refractivity contribution in [2.75, 3.05) is 17.1 Å². The maximum absolute atomic E-state index is 12.1. The van der Waals surface area contributed by atoms with Crippen molar-refractivity contribution in [1.29, 1.82) is 0 Å². The van der Waals surface area contributed by atoms with E-state index in [2.05, 4.69) is 10.5 Å². The molecule has 0 heterocycles. The Morgan fingerprint density at radius 3 is 2.31 bits per heavy atom. The molecule has 0 atom stereocenters. The van der Waals surface area contributed by atoms with Gasteiger partial charge in [0.25, 0.3) is 5.91 Å². The number of hydrogen-bond acceptors (Lipinski definition) is 4. The molecule has 26 heavy (non-hydrogen) atoms. The molecule has 2 aromatic carbocycles. The molecular weight excluding hydrogens is 374 g/mol. The first-order valence-electron chi connectivity index (χ1n) is 7.93. The highest BCUT2D eigenvalue weighted by atomic mass is 35.5. The number of nitrogens with zero attached hydrogens (tertiary/aromatic N) is 2. The van der Waals surface area contributed by atoms with Crippen molar-refractivity contribution in [3.05, 3.63) is 64.7 Å². The lowest BCUT2D eigenvalue weighted by atomic mass is 10.1. The average Bonchev–Trinajstić information content (AvgIpc) is 2.60. The van der Waals surface area contributed by atoms with Gasteiger partial charge in [0.2, 0.25) is 10.0 Å². The number of hydrogen-bond donors (Lipinski definition) is 1. The molecule has 0 aliphatic heterocycles. The molecule has 0 aliphatic carbocycles. The number of nitrogens with one attached hydrogen (secondary N) is 1. The fraction of sp³-hybridized carbons (Fsp3) is 0.222. The van der Waals surface area contributed by atoms with Crippen LogP contribution in [0.25, 0.3) is 0 Å². The summed E-state index contributed by atoms with van der Waals surface area (Å²) in [5, 5.41) is 4.44. The molecule has 0 unspecified atom stereocenters. The Balaban J connectivity index is 2.05. The number of halogens is 1. The van der Waals surface area contributed by atoms with E-state index in [9.17, 15) is 13.2 Å². The summed E-state index contributed by atoms with van der Waals surface area (Å²) in [6.07, 6.45) is 3.36. The summed E-state index contributed by atoms with van der Waals surface area (Å²) < 4.78 is 25.1. The van der Waals surface area contributed by atoms with Gasteiger partial charge in [-0.2, -0.15) is 5.10 Å².